The minimum atomic E-state index is -2.15. The molecular formula is C41H71NO30. The molecule has 31 heteroatoms. The molecule has 30 atom stereocenters. The van der Waals surface area contributed by atoms with Crippen molar-refractivity contribution in [1.29, 1.82) is 0 Å². The summed E-state index contributed by atoms with van der Waals surface area (Å²) < 4.78 is 75.8. The van der Waals surface area contributed by atoms with Crippen LogP contribution in [-0.2, 0) is 61.6 Å². The molecule has 22 saturated heterocycles. The van der Waals surface area contributed by atoms with E-state index in [9.17, 15) is 86.8 Å². The van der Waals surface area contributed by atoms with Crippen LogP contribution in [-0.4, -0.2) is 335 Å². The summed E-state index contributed by atoms with van der Waals surface area (Å²) in [4.78, 5) is 1.77. The van der Waals surface area contributed by atoms with Crippen LogP contribution in [0.1, 0.15) is 13.8 Å². The first kappa shape index (κ1) is 58.4. The van der Waals surface area contributed by atoms with E-state index in [4.69, 9.17) is 61.6 Å². The standard InChI is InChI=1S/C41H71NO30/c1-3-42(4-2)11-60-35-28(59)41-66-17(10-48)34(35)72-40-27(58)22(53)32(15(8-46)65-40)70-38-25(56)20(51)30(13(6-44)63-38)68-36-23(54)18(49)29(12(5-43)61-36)67-37-24(55)19(50)31(14(7-45)62-37)69-39-26(57)21(52)33(71-41)16(9-47)64-39/h12-41,43-59H,3-11H2,1-2H3/t12-,13-,14-,15-,16-,17-,18-,19-,20-,21-,22-,23-,24-,25-,26-,27-,28-,29-,30-,31-,32-,33-,34+,35-,36-,37-,38-,39-,40-,41-/m1/s1. The zero-order chi connectivity index (χ0) is 52.5. The Hall–Kier alpha value is -1.24. The summed E-state index contributed by atoms with van der Waals surface area (Å²) in [6.07, 6.45) is -57.0. The Labute approximate surface area is 410 Å². The van der Waals surface area contributed by atoms with Gasteiger partial charge in [-0.2, -0.15) is 0 Å². The highest BCUT2D eigenvalue weighted by molar-refractivity contribution is 5.01. The number of aliphatic hydroxyl groups excluding tert-OH is 17. The van der Waals surface area contributed by atoms with Crippen LogP contribution in [0.25, 0.3) is 0 Å². The maximum absolute atomic E-state index is 11.9. The predicted octanol–water partition coefficient (Wildman–Crippen LogP) is -11.7. The smallest absolute Gasteiger partial charge is 0.187 e. The summed E-state index contributed by atoms with van der Waals surface area (Å²) in [6.45, 7) is -1.53. The average molecular weight is 1060 g/mol. The summed E-state index contributed by atoms with van der Waals surface area (Å²) in [5, 5.41) is 188. The third-order valence-corrected chi connectivity index (χ3v) is 14.0. The Balaban J connectivity index is 1.22. The minimum absolute atomic E-state index is 0.194. The fraction of sp³-hybridized carbons (Fsp3) is 1.00. The van der Waals surface area contributed by atoms with Crippen LogP contribution >= 0.6 is 0 Å². The van der Waals surface area contributed by atoms with E-state index in [2.05, 4.69) is 0 Å². The minimum Gasteiger partial charge on any atom is -0.394 e. The first-order chi connectivity index (χ1) is 34.4. The third kappa shape index (κ3) is 11.8. The maximum Gasteiger partial charge on any atom is 0.187 e. The van der Waals surface area contributed by atoms with Crippen LogP contribution < -0.4 is 0 Å². The molecule has 0 saturated carbocycles. The molecule has 0 radical (unpaired) electrons. The zero-order valence-electron chi connectivity index (χ0n) is 39.0. The molecule has 0 aromatic carbocycles. The molecule has 22 aliphatic rings. The molecule has 12 bridgehead atoms. The highest BCUT2D eigenvalue weighted by atomic mass is 16.8. The molecule has 0 spiro atoms. The van der Waals surface area contributed by atoms with Crippen molar-refractivity contribution < 1.29 is 148 Å². The van der Waals surface area contributed by atoms with Gasteiger partial charge >= 0.3 is 0 Å². The number of rotatable bonds is 11. The predicted molar refractivity (Wildman–Crippen MR) is 222 cm³/mol. The van der Waals surface area contributed by atoms with Gasteiger partial charge in [-0.3, -0.25) is 4.90 Å². The highest BCUT2D eigenvalue weighted by Gasteiger charge is 2.59. The van der Waals surface area contributed by atoms with Crippen LogP contribution in [0.15, 0.2) is 0 Å². The first-order valence-corrected chi connectivity index (χ1v) is 23.7. The van der Waals surface area contributed by atoms with E-state index in [1.165, 1.54) is 0 Å². The van der Waals surface area contributed by atoms with Crippen LogP contribution in [0.3, 0.4) is 0 Å². The van der Waals surface area contributed by atoms with Crippen molar-refractivity contribution >= 4 is 0 Å². The maximum atomic E-state index is 11.9. The van der Waals surface area contributed by atoms with E-state index >= 15 is 0 Å². The van der Waals surface area contributed by atoms with Crippen molar-refractivity contribution in [1.82, 2.24) is 4.90 Å². The van der Waals surface area contributed by atoms with Gasteiger partial charge in [0.15, 0.2) is 37.7 Å². The van der Waals surface area contributed by atoms with E-state index in [1.54, 1.807) is 4.90 Å². The van der Waals surface area contributed by atoms with Gasteiger partial charge < -0.3 is 148 Å². The molecule has 0 amide bonds. The lowest BCUT2D eigenvalue weighted by Crippen LogP contribution is -2.69. The van der Waals surface area contributed by atoms with Crippen LogP contribution in [0, 0.1) is 0 Å². The van der Waals surface area contributed by atoms with Gasteiger partial charge in [-0.15, -0.1) is 0 Å². The van der Waals surface area contributed by atoms with Gasteiger partial charge in [-0.25, -0.2) is 0 Å². The fourth-order valence-corrected chi connectivity index (χ4v) is 9.70. The Morgan fingerprint density at radius 3 is 0.722 bits per heavy atom. The monoisotopic (exact) mass is 1060 g/mol. The molecule has 0 aromatic heterocycles. The Morgan fingerprint density at radius 1 is 0.292 bits per heavy atom. The molecule has 17 N–H and O–H groups in total. The summed E-state index contributed by atoms with van der Waals surface area (Å²) in [5.41, 5.74) is 0. The molecule has 22 rings (SSSR count). The van der Waals surface area contributed by atoms with Crippen LogP contribution in [0.4, 0.5) is 0 Å². The molecule has 31 nitrogen and oxygen atoms in total. The van der Waals surface area contributed by atoms with Crippen molar-refractivity contribution in [2.45, 2.75) is 198 Å². The van der Waals surface area contributed by atoms with Crippen molar-refractivity contribution in [3.05, 3.63) is 0 Å². The molecule has 0 aliphatic carbocycles. The largest absolute Gasteiger partial charge is 0.394 e. The normalized spacial score (nSPS) is 51.8. The van der Waals surface area contributed by atoms with Gasteiger partial charge in [0.2, 0.25) is 0 Å². The lowest BCUT2D eigenvalue weighted by molar-refractivity contribution is -0.405. The van der Waals surface area contributed by atoms with Crippen LogP contribution in [0.5, 0.6) is 0 Å². The Bertz CT molecular complexity index is 1630. The van der Waals surface area contributed by atoms with Crippen molar-refractivity contribution in [3.63, 3.8) is 0 Å². The Morgan fingerprint density at radius 2 is 0.500 bits per heavy atom. The van der Waals surface area contributed by atoms with Crippen molar-refractivity contribution in [2.75, 3.05) is 59.5 Å². The van der Waals surface area contributed by atoms with Gasteiger partial charge in [0.25, 0.3) is 0 Å². The number of aliphatic hydroxyl groups is 17. The topological polar surface area (TPSA) is 467 Å². The van der Waals surface area contributed by atoms with Gasteiger partial charge in [-0.05, 0) is 13.1 Å². The van der Waals surface area contributed by atoms with Gasteiger partial charge in [0.1, 0.15) is 146 Å². The second kappa shape index (κ2) is 25.5. The summed E-state index contributed by atoms with van der Waals surface area (Å²) in [5.74, 6) is 0. The fourth-order valence-electron chi connectivity index (χ4n) is 9.70. The molecule has 72 heavy (non-hydrogen) atoms. The molecule has 22 fully saturated rings. The first-order valence-electron chi connectivity index (χ1n) is 23.7. The number of hydrogen-bond donors (Lipinski definition) is 17. The lowest BCUT2D eigenvalue weighted by atomic mass is 9.94. The third-order valence-electron chi connectivity index (χ3n) is 14.0. The number of nitrogens with zero attached hydrogens (tertiary/aromatic N) is 1. The van der Waals surface area contributed by atoms with Gasteiger partial charge in [0, 0.05) is 0 Å². The molecule has 0 unspecified atom stereocenters. The van der Waals surface area contributed by atoms with Crippen molar-refractivity contribution in [2.24, 2.45) is 0 Å². The highest BCUT2D eigenvalue weighted by Crippen LogP contribution is 2.38. The average Bonchev–Trinajstić information content (AvgIpc) is 3.38. The van der Waals surface area contributed by atoms with E-state index in [1.807, 2.05) is 13.8 Å². The van der Waals surface area contributed by atoms with E-state index in [0.29, 0.717) is 13.1 Å². The molecule has 22 heterocycles. The van der Waals surface area contributed by atoms with E-state index in [0.717, 1.165) is 0 Å². The molecule has 0 aromatic rings. The molecule has 22 aliphatic heterocycles. The second-order valence-corrected chi connectivity index (χ2v) is 18.4. The van der Waals surface area contributed by atoms with Gasteiger partial charge in [-0.1, -0.05) is 13.8 Å². The molecular weight excluding hydrogens is 986 g/mol. The quantitative estimate of drug-likeness (QED) is 0.0854. The van der Waals surface area contributed by atoms with Gasteiger partial charge in [0.05, 0.1) is 46.4 Å². The number of hydrogen-bond acceptors (Lipinski definition) is 31. The van der Waals surface area contributed by atoms with E-state index < -0.39 is 224 Å². The SMILES string of the molecule is CCN(CC)CO[C@@H]1[C@@H](O)[C@H]2O[C@H]3[C@H](O)[C@@H](O)[C@@H](O[C@H]4[C@H](O)[C@@H](O)[C@@H](O[C@H]5[C@H](O)[C@@H](O)[C@@H](O[C@H]6[C@H](O)[C@@H](O)[C@@H](O[C@H]7[C@H](O)[C@@H](O)[C@@H](O[C@H]1[C@@H](CO)O2)O[C@@H]7CO)O[C@@H]6CO)O[C@@H]5CO)O[C@@H]4CO)O[C@@H]3CO. The summed E-state index contributed by atoms with van der Waals surface area (Å²) in [7, 11) is 0. The second-order valence-electron chi connectivity index (χ2n) is 18.4. The number of ether oxygens (including phenoxy) is 13. The summed E-state index contributed by atoms with van der Waals surface area (Å²) >= 11 is 0. The van der Waals surface area contributed by atoms with Crippen LogP contribution in [0.2, 0.25) is 0 Å². The molecule has 420 valence electrons. The lowest BCUT2D eigenvalue weighted by Gasteiger charge is -2.51. The summed E-state index contributed by atoms with van der Waals surface area (Å²) in [6, 6.07) is 0. The van der Waals surface area contributed by atoms with Crippen molar-refractivity contribution in [3.8, 4) is 0 Å². The van der Waals surface area contributed by atoms with E-state index in [-0.39, 0.29) is 6.73 Å². The zero-order valence-corrected chi connectivity index (χ0v) is 39.0. The Kier molecular flexibility index (Phi) is 20.7.